The Morgan fingerprint density at radius 3 is 1.80 bits per heavy atom. The van der Waals surface area contributed by atoms with Crippen LogP contribution in [0.1, 0.15) is 50.7 Å². The molecule has 20 heavy (non-hydrogen) atoms. The van der Waals surface area contributed by atoms with Gasteiger partial charge in [0.2, 0.25) is 0 Å². The van der Waals surface area contributed by atoms with Crippen molar-refractivity contribution in [2.75, 3.05) is 0 Å². The van der Waals surface area contributed by atoms with Crippen LogP contribution in [0.5, 0.6) is 0 Å². The number of nitro groups is 1. The molecule has 1 aromatic carbocycles. The van der Waals surface area contributed by atoms with E-state index in [9.17, 15) is 10.1 Å². The van der Waals surface area contributed by atoms with Gasteiger partial charge < -0.3 is 4.57 Å². The zero-order valence-corrected chi connectivity index (χ0v) is 12.3. The Balaban J connectivity index is 2.78. The molecule has 4 heteroatoms. The maximum atomic E-state index is 11.1. The third kappa shape index (κ3) is 2.59. The topological polar surface area (TPSA) is 48.1 Å². The first-order valence-electron chi connectivity index (χ1n) is 6.87. The van der Waals surface area contributed by atoms with E-state index in [1.165, 1.54) is 0 Å². The molecule has 0 radical (unpaired) electrons. The number of non-ortho nitro benzene ring substituents is 1. The van der Waals surface area contributed by atoms with Crippen LogP contribution in [0.25, 0.3) is 5.69 Å². The summed E-state index contributed by atoms with van der Waals surface area (Å²) in [6.45, 7) is 8.26. The molecule has 0 fully saturated rings. The molecule has 0 bridgehead atoms. The Kier molecular flexibility index (Phi) is 3.93. The van der Waals surface area contributed by atoms with E-state index < -0.39 is 0 Å². The van der Waals surface area contributed by atoms with Crippen LogP contribution in [-0.4, -0.2) is 9.49 Å². The Bertz CT molecular complexity index is 584. The SMILES string of the molecule is CC(C)c1cc([N+](=O)[O-])cc(C(C)C)c1-n1cccc1. The number of nitrogens with zero attached hydrogens (tertiary/aromatic N) is 2. The lowest BCUT2D eigenvalue weighted by molar-refractivity contribution is -0.385. The number of aromatic nitrogens is 1. The Labute approximate surface area is 119 Å². The Morgan fingerprint density at radius 1 is 1.00 bits per heavy atom. The van der Waals surface area contributed by atoms with Crippen molar-refractivity contribution in [1.82, 2.24) is 4.57 Å². The molecular formula is C16H20N2O2. The van der Waals surface area contributed by atoms with Gasteiger partial charge in [-0.2, -0.15) is 0 Å². The van der Waals surface area contributed by atoms with E-state index in [0.717, 1.165) is 16.8 Å². The molecule has 0 aliphatic rings. The number of benzene rings is 1. The molecule has 0 saturated heterocycles. The second-order valence-electron chi connectivity index (χ2n) is 5.63. The van der Waals surface area contributed by atoms with Gasteiger partial charge in [-0.1, -0.05) is 27.7 Å². The second-order valence-corrected chi connectivity index (χ2v) is 5.63. The van der Waals surface area contributed by atoms with Crippen molar-refractivity contribution in [2.24, 2.45) is 0 Å². The predicted molar refractivity (Wildman–Crippen MR) is 80.6 cm³/mol. The number of hydrogen-bond acceptors (Lipinski definition) is 2. The zero-order chi connectivity index (χ0) is 14.9. The van der Waals surface area contributed by atoms with Crippen molar-refractivity contribution in [3.05, 3.63) is 57.9 Å². The highest BCUT2D eigenvalue weighted by molar-refractivity contribution is 5.57. The summed E-state index contributed by atoms with van der Waals surface area (Å²) in [6, 6.07) is 7.34. The van der Waals surface area contributed by atoms with E-state index in [2.05, 4.69) is 27.7 Å². The summed E-state index contributed by atoms with van der Waals surface area (Å²) in [7, 11) is 0. The normalized spacial score (nSPS) is 11.3. The largest absolute Gasteiger partial charge is 0.323 e. The van der Waals surface area contributed by atoms with Crippen LogP contribution in [0, 0.1) is 10.1 Å². The first kappa shape index (κ1) is 14.3. The molecule has 0 atom stereocenters. The zero-order valence-electron chi connectivity index (χ0n) is 12.3. The van der Waals surface area contributed by atoms with Crippen LogP contribution in [0.3, 0.4) is 0 Å². The third-order valence-corrected chi connectivity index (χ3v) is 3.47. The fourth-order valence-electron chi connectivity index (χ4n) is 2.43. The van der Waals surface area contributed by atoms with Gasteiger partial charge in [0, 0.05) is 24.5 Å². The highest BCUT2D eigenvalue weighted by Crippen LogP contribution is 2.34. The van der Waals surface area contributed by atoms with Gasteiger partial charge in [0.25, 0.3) is 5.69 Å². The molecule has 0 amide bonds. The molecule has 106 valence electrons. The number of hydrogen-bond donors (Lipinski definition) is 0. The van der Waals surface area contributed by atoms with Gasteiger partial charge >= 0.3 is 0 Å². The van der Waals surface area contributed by atoms with E-state index in [1.807, 2.05) is 29.1 Å². The maximum absolute atomic E-state index is 11.1. The van der Waals surface area contributed by atoms with E-state index in [0.29, 0.717) is 0 Å². The van der Waals surface area contributed by atoms with Gasteiger partial charge in [-0.3, -0.25) is 10.1 Å². The summed E-state index contributed by atoms with van der Waals surface area (Å²) in [5, 5.41) is 11.1. The van der Waals surface area contributed by atoms with Gasteiger partial charge in [0.05, 0.1) is 10.6 Å². The van der Waals surface area contributed by atoms with Crippen molar-refractivity contribution in [2.45, 2.75) is 39.5 Å². The minimum atomic E-state index is -0.308. The minimum absolute atomic E-state index is 0.174. The average molecular weight is 272 g/mol. The highest BCUT2D eigenvalue weighted by Gasteiger charge is 2.20. The lowest BCUT2D eigenvalue weighted by atomic mass is 9.91. The molecule has 0 unspecified atom stereocenters. The van der Waals surface area contributed by atoms with Gasteiger partial charge in [0.1, 0.15) is 0 Å². The molecule has 0 aliphatic heterocycles. The molecule has 1 aromatic heterocycles. The second kappa shape index (κ2) is 5.49. The van der Waals surface area contributed by atoms with Gasteiger partial charge in [-0.25, -0.2) is 0 Å². The molecule has 4 nitrogen and oxygen atoms in total. The highest BCUT2D eigenvalue weighted by atomic mass is 16.6. The molecule has 2 rings (SSSR count). The number of rotatable bonds is 4. The van der Waals surface area contributed by atoms with Crippen LogP contribution in [0.15, 0.2) is 36.7 Å². The fourth-order valence-corrected chi connectivity index (χ4v) is 2.43. The summed E-state index contributed by atoms with van der Waals surface area (Å²) in [5.41, 5.74) is 3.28. The summed E-state index contributed by atoms with van der Waals surface area (Å²) >= 11 is 0. The monoisotopic (exact) mass is 272 g/mol. The van der Waals surface area contributed by atoms with Crippen molar-refractivity contribution in [3.8, 4) is 5.69 Å². The van der Waals surface area contributed by atoms with E-state index in [4.69, 9.17) is 0 Å². The standard InChI is InChI=1S/C16H20N2O2/c1-11(2)14-9-13(18(19)20)10-15(12(3)4)16(14)17-7-5-6-8-17/h5-12H,1-4H3. The first-order valence-corrected chi connectivity index (χ1v) is 6.87. The minimum Gasteiger partial charge on any atom is -0.323 e. The van der Waals surface area contributed by atoms with Crippen LogP contribution < -0.4 is 0 Å². The predicted octanol–water partition coefficient (Wildman–Crippen LogP) is 4.63. The molecule has 0 aliphatic carbocycles. The summed E-state index contributed by atoms with van der Waals surface area (Å²) in [6.07, 6.45) is 3.97. The van der Waals surface area contributed by atoms with Crippen molar-refractivity contribution < 1.29 is 4.92 Å². The Hall–Kier alpha value is -2.10. The van der Waals surface area contributed by atoms with Gasteiger partial charge in [-0.05, 0) is 35.1 Å². The lowest BCUT2D eigenvalue weighted by Crippen LogP contribution is -2.07. The van der Waals surface area contributed by atoms with E-state index >= 15 is 0 Å². The fraction of sp³-hybridized carbons (Fsp3) is 0.375. The van der Waals surface area contributed by atoms with Crippen molar-refractivity contribution in [3.63, 3.8) is 0 Å². The van der Waals surface area contributed by atoms with Crippen LogP contribution >= 0.6 is 0 Å². The quantitative estimate of drug-likeness (QED) is 0.601. The average Bonchev–Trinajstić information content (AvgIpc) is 2.90. The lowest BCUT2D eigenvalue weighted by Gasteiger charge is -2.20. The van der Waals surface area contributed by atoms with E-state index in [1.54, 1.807) is 12.1 Å². The molecular weight excluding hydrogens is 252 g/mol. The van der Waals surface area contributed by atoms with Crippen LogP contribution in [0.2, 0.25) is 0 Å². The Morgan fingerprint density at radius 2 is 1.45 bits per heavy atom. The van der Waals surface area contributed by atoms with Crippen LogP contribution in [-0.2, 0) is 0 Å². The van der Waals surface area contributed by atoms with Crippen molar-refractivity contribution in [1.29, 1.82) is 0 Å². The van der Waals surface area contributed by atoms with Crippen LogP contribution in [0.4, 0.5) is 5.69 Å². The molecule has 0 saturated carbocycles. The molecule has 0 N–H and O–H groups in total. The number of nitro benzene ring substituents is 1. The third-order valence-electron chi connectivity index (χ3n) is 3.47. The van der Waals surface area contributed by atoms with Gasteiger partial charge in [0.15, 0.2) is 0 Å². The summed E-state index contributed by atoms with van der Waals surface area (Å²) in [5.74, 6) is 0.453. The van der Waals surface area contributed by atoms with Crippen molar-refractivity contribution >= 4 is 5.69 Å². The summed E-state index contributed by atoms with van der Waals surface area (Å²) < 4.78 is 2.05. The van der Waals surface area contributed by atoms with E-state index in [-0.39, 0.29) is 22.4 Å². The molecule has 2 aromatic rings. The smallest absolute Gasteiger partial charge is 0.270 e. The van der Waals surface area contributed by atoms with Gasteiger partial charge in [-0.15, -0.1) is 0 Å². The first-order chi connectivity index (χ1) is 9.41. The molecule has 1 heterocycles. The summed E-state index contributed by atoms with van der Waals surface area (Å²) in [4.78, 5) is 10.8. The maximum Gasteiger partial charge on any atom is 0.270 e. The molecule has 0 spiro atoms.